The van der Waals surface area contributed by atoms with Gasteiger partial charge in [0.1, 0.15) is 5.82 Å². The molecule has 0 radical (unpaired) electrons. The summed E-state index contributed by atoms with van der Waals surface area (Å²) in [5, 5.41) is 20.7. The molecule has 0 spiro atoms. The summed E-state index contributed by atoms with van der Waals surface area (Å²) in [5.74, 6) is -0.355. The minimum atomic E-state index is -0.355. The van der Waals surface area contributed by atoms with E-state index in [-0.39, 0.29) is 11.9 Å². The summed E-state index contributed by atoms with van der Waals surface area (Å²) in [6.07, 6.45) is 1.31. The van der Waals surface area contributed by atoms with Gasteiger partial charge in [-0.1, -0.05) is 6.07 Å². The summed E-state index contributed by atoms with van der Waals surface area (Å²) in [4.78, 5) is 0. The van der Waals surface area contributed by atoms with Gasteiger partial charge >= 0.3 is 0 Å². The molecule has 1 aromatic rings. The SMILES string of the molecule is CC(O)CCCNCc1ccc(C#N)cc1F. The summed E-state index contributed by atoms with van der Waals surface area (Å²) < 4.78 is 13.4. The largest absolute Gasteiger partial charge is 0.393 e. The molecule has 0 saturated carbocycles. The molecule has 0 fully saturated rings. The Morgan fingerprint density at radius 1 is 1.53 bits per heavy atom. The standard InChI is InChI=1S/C13H17FN2O/c1-10(17)3-2-6-16-9-12-5-4-11(8-15)7-13(12)14/h4-5,7,10,16-17H,2-3,6,9H2,1H3. The minimum Gasteiger partial charge on any atom is -0.393 e. The molecule has 0 aliphatic carbocycles. The quantitative estimate of drug-likeness (QED) is 0.742. The second-order valence-corrected chi connectivity index (χ2v) is 4.09. The highest BCUT2D eigenvalue weighted by Gasteiger charge is 2.03. The van der Waals surface area contributed by atoms with E-state index in [1.165, 1.54) is 6.07 Å². The van der Waals surface area contributed by atoms with Crippen LogP contribution >= 0.6 is 0 Å². The number of nitriles is 1. The molecular formula is C13H17FN2O. The van der Waals surface area contributed by atoms with Crippen molar-refractivity contribution in [3.05, 3.63) is 35.1 Å². The molecule has 0 saturated heterocycles. The Bertz CT molecular complexity index is 399. The van der Waals surface area contributed by atoms with Crippen molar-refractivity contribution < 1.29 is 9.50 Å². The van der Waals surface area contributed by atoms with E-state index in [0.717, 1.165) is 19.4 Å². The zero-order valence-electron chi connectivity index (χ0n) is 9.91. The molecule has 0 aliphatic heterocycles. The summed E-state index contributed by atoms with van der Waals surface area (Å²) >= 11 is 0. The normalized spacial score (nSPS) is 12.1. The zero-order valence-corrected chi connectivity index (χ0v) is 9.91. The number of nitrogens with zero attached hydrogens (tertiary/aromatic N) is 1. The first-order valence-electron chi connectivity index (χ1n) is 5.71. The molecule has 92 valence electrons. The van der Waals surface area contributed by atoms with Crippen molar-refractivity contribution in [2.24, 2.45) is 0 Å². The van der Waals surface area contributed by atoms with Crippen LogP contribution in [0.3, 0.4) is 0 Å². The van der Waals surface area contributed by atoms with Gasteiger partial charge < -0.3 is 10.4 Å². The lowest BCUT2D eigenvalue weighted by molar-refractivity contribution is 0.181. The van der Waals surface area contributed by atoms with Crippen LogP contribution in [0, 0.1) is 17.1 Å². The third-order valence-electron chi connectivity index (χ3n) is 2.47. The van der Waals surface area contributed by atoms with Gasteiger partial charge in [-0.05, 0) is 38.4 Å². The monoisotopic (exact) mass is 236 g/mol. The van der Waals surface area contributed by atoms with E-state index in [0.29, 0.717) is 17.7 Å². The highest BCUT2D eigenvalue weighted by Crippen LogP contribution is 2.09. The van der Waals surface area contributed by atoms with Gasteiger partial charge in [-0.2, -0.15) is 5.26 Å². The highest BCUT2D eigenvalue weighted by molar-refractivity contribution is 5.32. The lowest BCUT2D eigenvalue weighted by Crippen LogP contribution is -2.17. The number of halogens is 1. The van der Waals surface area contributed by atoms with Crippen LogP contribution in [-0.2, 0) is 6.54 Å². The van der Waals surface area contributed by atoms with Crippen molar-refractivity contribution >= 4 is 0 Å². The number of benzene rings is 1. The Hall–Kier alpha value is -1.44. The number of aliphatic hydroxyl groups excluding tert-OH is 1. The smallest absolute Gasteiger partial charge is 0.129 e. The van der Waals surface area contributed by atoms with E-state index in [1.54, 1.807) is 19.1 Å². The number of rotatable bonds is 6. The number of nitrogens with one attached hydrogen (secondary N) is 1. The van der Waals surface area contributed by atoms with E-state index in [2.05, 4.69) is 5.32 Å². The summed E-state index contributed by atoms with van der Waals surface area (Å²) in [6, 6.07) is 6.37. The van der Waals surface area contributed by atoms with Crippen LogP contribution in [0.15, 0.2) is 18.2 Å². The fraction of sp³-hybridized carbons (Fsp3) is 0.462. The predicted octanol–water partition coefficient (Wildman–Crippen LogP) is 1.95. The second kappa shape index (κ2) is 7.00. The Morgan fingerprint density at radius 2 is 2.29 bits per heavy atom. The molecule has 1 aromatic carbocycles. The van der Waals surface area contributed by atoms with Crippen molar-refractivity contribution in [2.75, 3.05) is 6.54 Å². The van der Waals surface area contributed by atoms with Crippen LogP contribution in [0.5, 0.6) is 0 Å². The van der Waals surface area contributed by atoms with E-state index in [4.69, 9.17) is 10.4 Å². The maximum atomic E-state index is 13.4. The summed E-state index contributed by atoms with van der Waals surface area (Å²) in [6.45, 7) is 2.93. The average molecular weight is 236 g/mol. The van der Waals surface area contributed by atoms with E-state index in [1.807, 2.05) is 6.07 Å². The van der Waals surface area contributed by atoms with Crippen molar-refractivity contribution in [2.45, 2.75) is 32.4 Å². The lowest BCUT2D eigenvalue weighted by atomic mass is 10.1. The van der Waals surface area contributed by atoms with Crippen molar-refractivity contribution in [3.63, 3.8) is 0 Å². The first kappa shape index (κ1) is 13.6. The van der Waals surface area contributed by atoms with Crippen molar-refractivity contribution in [1.82, 2.24) is 5.32 Å². The highest BCUT2D eigenvalue weighted by atomic mass is 19.1. The molecule has 1 atom stereocenters. The van der Waals surface area contributed by atoms with E-state index in [9.17, 15) is 4.39 Å². The van der Waals surface area contributed by atoms with Gasteiger partial charge in [-0.15, -0.1) is 0 Å². The van der Waals surface area contributed by atoms with Crippen LogP contribution in [0.4, 0.5) is 4.39 Å². The van der Waals surface area contributed by atoms with Gasteiger partial charge in [0.25, 0.3) is 0 Å². The van der Waals surface area contributed by atoms with Crippen LogP contribution in [-0.4, -0.2) is 17.8 Å². The molecule has 1 rings (SSSR count). The van der Waals surface area contributed by atoms with Crippen molar-refractivity contribution in [3.8, 4) is 6.07 Å². The van der Waals surface area contributed by atoms with Gasteiger partial charge in [0.05, 0.1) is 17.7 Å². The van der Waals surface area contributed by atoms with Crippen LogP contribution in [0.2, 0.25) is 0 Å². The summed E-state index contributed by atoms with van der Waals surface area (Å²) in [7, 11) is 0. The number of hydrogen-bond acceptors (Lipinski definition) is 3. The molecule has 0 aromatic heterocycles. The third-order valence-corrected chi connectivity index (χ3v) is 2.47. The molecule has 1 unspecified atom stereocenters. The Balaban J connectivity index is 2.35. The zero-order chi connectivity index (χ0) is 12.7. The average Bonchev–Trinajstić information content (AvgIpc) is 2.30. The van der Waals surface area contributed by atoms with Gasteiger partial charge in [-0.25, -0.2) is 4.39 Å². The molecule has 0 bridgehead atoms. The van der Waals surface area contributed by atoms with Gasteiger partial charge in [-0.3, -0.25) is 0 Å². The topological polar surface area (TPSA) is 56.0 Å². The lowest BCUT2D eigenvalue weighted by Gasteiger charge is -2.07. The Kier molecular flexibility index (Phi) is 5.61. The maximum absolute atomic E-state index is 13.4. The third kappa shape index (κ3) is 4.94. The molecule has 3 nitrogen and oxygen atoms in total. The molecule has 0 amide bonds. The maximum Gasteiger partial charge on any atom is 0.129 e. The van der Waals surface area contributed by atoms with E-state index < -0.39 is 0 Å². The van der Waals surface area contributed by atoms with Crippen LogP contribution < -0.4 is 5.32 Å². The van der Waals surface area contributed by atoms with Crippen molar-refractivity contribution in [1.29, 1.82) is 5.26 Å². The van der Waals surface area contributed by atoms with E-state index >= 15 is 0 Å². The second-order valence-electron chi connectivity index (χ2n) is 4.09. The minimum absolute atomic E-state index is 0.288. The summed E-state index contributed by atoms with van der Waals surface area (Å²) in [5.41, 5.74) is 0.890. The molecule has 4 heteroatoms. The van der Waals surface area contributed by atoms with Gasteiger partial charge in [0.2, 0.25) is 0 Å². The van der Waals surface area contributed by atoms with Crippen LogP contribution in [0.1, 0.15) is 30.9 Å². The van der Waals surface area contributed by atoms with Gasteiger partial charge in [0.15, 0.2) is 0 Å². The first-order chi connectivity index (χ1) is 8.13. The predicted molar refractivity (Wildman–Crippen MR) is 63.7 cm³/mol. The molecule has 2 N–H and O–H groups in total. The van der Waals surface area contributed by atoms with Gasteiger partial charge in [0, 0.05) is 12.1 Å². The number of hydrogen-bond donors (Lipinski definition) is 2. The molecular weight excluding hydrogens is 219 g/mol. The molecule has 0 aliphatic rings. The first-order valence-corrected chi connectivity index (χ1v) is 5.71. The Labute approximate surface area is 101 Å². The van der Waals surface area contributed by atoms with Crippen LogP contribution in [0.25, 0.3) is 0 Å². The fourth-order valence-electron chi connectivity index (χ4n) is 1.51. The number of aliphatic hydroxyl groups is 1. The molecule has 17 heavy (non-hydrogen) atoms. The Morgan fingerprint density at radius 3 is 2.88 bits per heavy atom. The fourth-order valence-corrected chi connectivity index (χ4v) is 1.51. The molecule has 0 heterocycles.